The fourth-order valence-corrected chi connectivity index (χ4v) is 5.43. The second-order valence-corrected chi connectivity index (χ2v) is 10.2. The Kier molecular flexibility index (Phi) is 6.30. The summed E-state index contributed by atoms with van der Waals surface area (Å²) < 4.78 is 45.6. The number of piperidine rings is 1. The van der Waals surface area contributed by atoms with Gasteiger partial charge in [-0.15, -0.1) is 0 Å². The van der Waals surface area contributed by atoms with Crippen molar-refractivity contribution >= 4 is 33.6 Å². The van der Waals surface area contributed by atoms with E-state index >= 15 is 4.39 Å². The zero-order valence-electron chi connectivity index (χ0n) is 21.5. The van der Waals surface area contributed by atoms with Crippen LogP contribution in [0.1, 0.15) is 18.4 Å². The maximum absolute atomic E-state index is 15.3. The Morgan fingerprint density at radius 1 is 1.12 bits per heavy atom. The highest BCUT2D eigenvalue weighted by molar-refractivity contribution is 5.85. The lowest BCUT2D eigenvalue weighted by atomic mass is 9.84. The summed E-state index contributed by atoms with van der Waals surface area (Å²) in [4.78, 5) is 19.0. The largest absolute Gasteiger partial charge is 0.385 e. The summed E-state index contributed by atoms with van der Waals surface area (Å²) in [6, 6.07) is 4.85. The third-order valence-electron chi connectivity index (χ3n) is 7.57. The Hall–Kier alpha value is -4.30. The van der Waals surface area contributed by atoms with E-state index in [-0.39, 0.29) is 30.9 Å². The molecule has 5 N–H and O–H groups in total. The number of alkyl halides is 2. The maximum atomic E-state index is 15.3. The Morgan fingerprint density at radius 3 is 2.75 bits per heavy atom. The second kappa shape index (κ2) is 9.71. The first-order valence-corrected chi connectivity index (χ1v) is 12.7. The van der Waals surface area contributed by atoms with Gasteiger partial charge < -0.3 is 26.0 Å². The minimum absolute atomic E-state index is 0.0116. The first kappa shape index (κ1) is 26.0. The molecule has 0 spiro atoms. The van der Waals surface area contributed by atoms with E-state index in [0.717, 1.165) is 5.39 Å². The number of aryl methyl sites for hydroxylation is 1. The highest BCUT2D eigenvalue weighted by Gasteiger charge is 2.43. The van der Waals surface area contributed by atoms with Crippen molar-refractivity contribution in [2.24, 2.45) is 12.8 Å². The van der Waals surface area contributed by atoms with Crippen molar-refractivity contribution in [3.63, 3.8) is 0 Å². The Bertz CT molecular complexity index is 1720. The number of rotatable bonds is 6. The number of fused-ring (bicyclic) bond motifs is 2. The monoisotopic (exact) mass is 552 g/mol. The number of pyridine rings is 1. The summed E-state index contributed by atoms with van der Waals surface area (Å²) >= 11 is 0. The van der Waals surface area contributed by atoms with E-state index in [4.69, 9.17) is 11.5 Å². The molecule has 0 amide bonds. The third-order valence-corrected chi connectivity index (χ3v) is 7.57. The number of aliphatic hydroxyl groups excluding tert-OH is 1. The molecular weight excluding hydrogens is 525 g/mol. The molecule has 1 aliphatic rings. The molecule has 0 bridgehead atoms. The summed E-state index contributed by atoms with van der Waals surface area (Å²) in [5.74, 6) is -0.230. The summed E-state index contributed by atoms with van der Waals surface area (Å²) in [7, 11) is 1.74. The van der Waals surface area contributed by atoms with Crippen LogP contribution < -0.4 is 16.4 Å². The predicted molar refractivity (Wildman–Crippen MR) is 143 cm³/mol. The lowest BCUT2D eigenvalue weighted by molar-refractivity contribution is -0.0529. The van der Waals surface area contributed by atoms with Gasteiger partial charge in [-0.25, -0.2) is 28.1 Å². The Balaban J connectivity index is 1.45. The molecule has 0 radical (unpaired) electrons. The zero-order chi connectivity index (χ0) is 28.2. The summed E-state index contributed by atoms with van der Waals surface area (Å²) in [5, 5.41) is 15.2. The van der Waals surface area contributed by atoms with Crippen molar-refractivity contribution in [3.8, 4) is 11.3 Å². The number of halogens is 3. The van der Waals surface area contributed by atoms with Crippen molar-refractivity contribution in [1.82, 2.24) is 34.3 Å². The highest BCUT2D eigenvalue weighted by Crippen LogP contribution is 2.34. The molecule has 1 fully saturated rings. The van der Waals surface area contributed by atoms with Gasteiger partial charge in [0.2, 0.25) is 0 Å². The number of nitrogens with zero attached hydrogens (tertiary/aromatic N) is 8. The summed E-state index contributed by atoms with van der Waals surface area (Å²) in [5.41, 5.74) is 14.3. The lowest BCUT2D eigenvalue weighted by Gasteiger charge is -2.44. The van der Waals surface area contributed by atoms with E-state index in [0.29, 0.717) is 46.6 Å². The highest BCUT2D eigenvalue weighted by atomic mass is 19.3. The van der Waals surface area contributed by atoms with E-state index in [1.54, 1.807) is 47.2 Å². The molecular formula is C26H27F3N10O. The normalized spacial score (nSPS) is 18.7. The van der Waals surface area contributed by atoms with Crippen molar-refractivity contribution in [3.05, 3.63) is 54.6 Å². The van der Waals surface area contributed by atoms with Gasteiger partial charge >= 0.3 is 0 Å². The lowest BCUT2D eigenvalue weighted by Crippen LogP contribution is -2.63. The topological polar surface area (TPSA) is 150 Å². The number of nitrogen functional groups attached to an aromatic ring is 1. The van der Waals surface area contributed by atoms with Gasteiger partial charge in [0.25, 0.3) is 6.43 Å². The first-order valence-electron chi connectivity index (χ1n) is 12.7. The summed E-state index contributed by atoms with van der Waals surface area (Å²) in [6.07, 6.45) is 1.93. The number of aliphatic hydroxyl groups is 1. The van der Waals surface area contributed by atoms with Crippen LogP contribution in [0, 0.1) is 5.82 Å². The van der Waals surface area contributed by atoms with Gasteiger partial charge in [-0.2, -0.15) is 5.10 Å². The van der Waals surface area contributed by atoms with Gasteiger partial charge in [0.05, 0.1) is 47.7 Å². The fraction of sp³-hybridized carbons (Fsp3) is 0.346. The van der Waals surface area contributed by atoms with E-state index in [1.165, 1.54) is 12.4 Å². The average Bonchev–Trinajstić information content (AvgIpc) is 3.51. The number of aromatic nitrogens is 7. The molecule has 4 aromatic heterocycles. The van der Waals surface area contributed by atoms with Crippen molar-refractivity contribution in [2.45, 2.75) is 37.5 Å². The van der Waals surface area contributed by atoms with Gasteiger partial charge in [0.1, 0.15) is 23.8 Å². The first-order chi connectivity index (χ1) is 19.1. The van der Waals surface area contributed by atoms with Crippen molar-refractivity contribution in [2.75, 3.05) is 23.7 Å². The van der Waals surface area contributed by atoms with Crippen molar-refractivity contribution < 1.29 is 18.3 Å². The van der Waals surface area contributed by atoms with Gasteiger partial charge in [-0.1, -0.05) is 0 Å². The molecule has 208 valence electrons. The maximum Gasteiger partial charge on any atom is 0.265 e. The van der Waals surface area contributed by atoms with Crippen LogP contribution in [0.3, 0.4) is 0 Å². The number of imidazole rings is 1. The Labute approximate surface area is 226 Å². The Morgan fingerprint density at radius 2 is 1.95 bits per heavy atom. The van der Waals surface area contributed by atoms with Crippen LogP contribution in [-0.2, 0) is 13.6 Å². The summed E-state index contributed by atoms with van der Waals surface area (Å²) in [6.45, 7) is 0.737. The van der Waals surface area contributed by atoms with Gasteiger partial charge in [0.15, 0.2) is 11.5 Å². The van der Waals surface area contributed by atoms with Crippen LogP contribution in [0.4, 0.5) is 24.7 Å². The molecule has 1 aliphatic heterocycles. The molecule has 0 saturated carbocycles. The smallest absolute Gasteiger partial charge is 0.265 e. The van der Waals surface area contributed by atoms with Crippen molar-refractivity contribution in [1.29, 1.82) is 0 Å². The molecule has 5 heterocycles. The minimum atomic E-state index is -2.97. The van der Waals surface area contributed by atoms with Gasteiger partial charge in [-0.3, -0.25) is 9.67 Å². The van der Waals surface area contributed by atoms with Crippen LogP contribution in [0.25, 0.3) is 33.3 Å². The molecule has 1 aromatic carbocycles. The molecule has 40 heavy (non-hydrogen) atoms. The van der Waals surface area contributed by atoms with E-state index in [9.17, 15) is 13.9 Å². The van der Waals surface area contributed by atoms with E-state index in [1.807, 2.05) is 4.90 Å². The zero-order valence-corrected chi connectivity index (χ0v) is 21.5. The molecule has 0 aliphatic carbocycles. The number of hydrogen-bond donors (Lipinski definition) is 3. The fourth-order valence-electron chi connectivity index (χ4n) is 5.43. The quantitative estimate of drug-likeness (QED) is 0.289. The average molecular weight is 553 g/mol. The van der Waals surface area contributed by atoms with Gasteiger partial charge in [0, 0.05) is 37.2 Å². The molecule has 14 heteroatoms. The molecule has 0 unspecified atom stereocenters. The van der Waals surface area contributed by atoms with Gasteiger partial charge in [-0.05, 0) is 30.5 Å². The molecule has 2 atom stereocenters. The number of anilines is 2. The predicted octanol–water partition coefficient (Wildman–Crippen LogP) is 2.47. The number of hydrogen-bond acceptors (Lipinski definition) is 9. The molecule has 6 rings (SSSR count). The van der Waals surface area contributed by atoms with E-state index in [2.05, 4.69) is 25.0 Å². The van der Waals surface area contributed by atoms with Crippen LogP contribution in [0.15, 0.2) is 43.2 Å². The number of nitrogens with two attached hydrogens (primary N) is 2. The number of benzene rings is 1. The SMILES string of the molecule is Cn1ncc2cc(-c3cc(Cn4cnc5c(N)ncnc54)c(N4CCC[C@](N)([C@H](O)C(F)F)C4)cn3)c(F)cc21. The minimum Gasteiger partial charge on any atom is -0.385 e. The van der Waals surface area contributed by atoms with Crippen LogP contribution >= 0.6 is 0 Å². The molecule has 5 aromatic rings. The second-order valence-electron chi connectivity index (χ2n) is 10.2. The third kappa shape index (κ3) is 4.38. The molecule has 1 saturated heterocycles. The van der Waals surface area contributed by atoms with Crippen LogP contribution in [0.2, 0.25) is 0 Å². The standard InChI is InChI=1S/C26H27F3N10O/c1-37-19-7-17(27)16(5-14(19)8-36-37)18-6-15(10-39-13-35-21-24(30)33-12-34-25(21)39)20(9-32-18)38-4-2-3-26(31,11-38)22(40)23(28)29/h5-9,12-13,22-23,40H,2-4,10-11,31H2,1H3,(H2,30,33,34)/t22-,26-/m1/s1. The molecule has 11 nitrogen and oxygen atoms in total. The van der Waals surface area contributed by atoms with Crippen LogP contribution in [0.5, 0.6) is 0 Å². The van der Waals surface area contributed by atoms with Crippen LogP contribution in [-0.4, -0.2) is 70.5 Å². The van der Waals surface area contributed by atoms with E-state index < -0.39 is 23.9 Å².